The van der Waals surface area contributed by atoms with Crippen molar-refractivity contribution < 1.29 is 13.2 Å². The summed E-state index contributed by atoms with van der Waals surface area (Å²) in [6.07, 6.45) is 1.09. The Kier molecular flexibility index (Phi) is 5.71. The largest absolute Gasteiger partial charge is 0.321 e. The molecule has 0 atom stereocenters. The molecule has 0 saturated carbocycles. The first kappa shape index (κ1) is 21.3. The first-order valence-corrected chi connectivity index (χ1v) is 11.8. The lowest BCUT2D eigenvalue weighted by Gasteiger charge is -2.12. The first-order valence-electron chi connectivity index (χ1n) is 9.19. The molecule has 0 bridgehead atoms. The number of rotatable bonds is 4. The van der Waals surface area contributed by atoms with E-state index in [2.05, 4.69) is 10.3 Å². The SMILES string of the molecule is CS(=O)(=O)c1ccc(Cl)c(NC(=O)c2cc(-c3ccc(Cl)cc3)nc3ccccc23)c1. The second kappa shape index (κ2) is 8.30. The molecule has 1 N–H and O–H groups in total. The molecule has 1 amide bonds. The highest BCUT2D eigenvalue weighted by Gasteiger charge is 2.17. The number of fused-ring (bicyclic) bond motifs is 1. The summed E-state index contributed by atoms with van der Waals surface area (Å²) in [4.78, 5) is 17.9. The predicted octanol–water partition coefficient (Wildman–Crippen LogP) is 5.86. The third-order valence-corrected chi connectivity index (χ3v) is 6.41. The van der Waals surface area contributed by atoms with E-state index < -0.39 is 15.7 Å². The second-order valence-electron chi connectivity index (χ2n) is 6.95. The van der Waals surface area contributed by atoms with Gasteiger partial charge in [0.2, 0.25) is 0 Å². The number of para-hydroxylation sites is 1. The molecule has 0 aliphatic rings. The molecule has 0 aliphatic carbocycles. The zero-order valence-corrected chi connectivity index (χ0v) is 18.6. The highest BCUT2D eigenvalue weighted by atomic mass is 35.5. The molecule has 0 unspecified atom stereocenters. The summed E-state index contributed by atoms with van der Waals surface area (Å²) >= 11 is 12.2. The van der Waals surface area contributed by atoms with Crippen LogP contribution in [0.1, 0.15) is 10.4 Å². The topological polar surface area (TPSA) is 76.1 Å². The fourth-order valence-electron chi connectivity index (χ4n) is 3.15. The van der Waals surface area contributed by atoms with Crippen LogP contribution in [-0.2, 0) is 9.84 Å². The van der Waals surface area contributed by atoms with Gasteiger partial charge in [-0.25, -0.2) is 13.4 Å². The van der Waals surface area contributed by atoms with Gasteiger partial charge in [-0.15, -0.1) is 0 Å². The van der Waals surface area contributed by atoms with E-state index in [1.165, 1.54) is 18.2 Å². The number of anilines is 1. The number of pyridine rings is 1. The van der Waals surface area contributed by atoms with Gasteiger partial charge in [0, 0.05) is 22.2 Å². The molecule has 5 nitrogen and oxygen atoms in total. The third kappa shape index (κ3) is 4.56. The Morgan fingerprint density at radius 3 is 2.35 bits per heavy atom. The molecule has 0 fully saturated rings. The van der Waals surface area contributed by atoms with Gasteiger partial charge in [0.05, 0.1) is 32.4 Å². The van der Waals surface area contributed by atoms with Gasteiger partial charge in [0.15, 0.2) is 9.84 Å². The lowest BCUT2D eigenvalue weighted by atomic mass is 10.0. The predicted molar refractivity (Wildman–Crippen MR) is 125 cm³/mol. The Balaban J connectivity index is 1.80. The van der Waals surface area contributed by atoms with Crippen LogP contribution in [0.5, 0.6) is 0 Å². The fraction of sp³-hybridized carbons (Fsp3) is 0.0435. The number of nitrogens with zero attached hydrogens (tertiary/aromatic N) is 1. The molecule has 1 aromatic heterocycles. The molecule has 1 heterocycles. The van der Waals surface area contributed by atoms with Gasteiger partial charge in [-0.1, -0.05) is 53.5 Å². The Morgan fingerprint density at radius 2 is 1.65 bits per heavy atom. The average Bonchev–Trinajstić information content (AvgIpc) is 2.74. The van der Waals surface area contributed by atoms with Gasteiger partial charge < -0.3 is 5.32 Å². The molecular formula is C23H16Cl2N2O3S. The second-order valence-corrected chi connectivity index (χ2v) is 9.81. The minimum absolute atomic E-state index is 0.0636. The Morgan fingerprint density at radius 1 is 0.935 bits per heavy atom. The van der Waals surface area contributed by atoms with Crippen LogP contribution in [0, 0.1) is 0 Å². The summed E-state index contributed by atoms with van der Waals surface area (Å²) in [5.74, 6) is -0.429. The van der Waals surface area contributed by atoms with Crippen molar-refractivity contribution in [2.75, 3.05) is 11.6 Å². The number of nitrogens with one attached hydrogen (secondary N) is 1. The smallest absolute Gasteiger partial charge is 0.256 e. The molecule has 8 heteroatoms. The number of benzene rings is 3. The zero-order chi connectivity index (χ0) is 22.2. The van der Waals surface area contributed by atoms with E-state index in [9.17, 15) is 13.2 Å². The number of hydrogen-bond acceptors (Lipinski definition) is 4. The summed E-state index contributed by atoms with van der Waals surface area (Å²) in [6.45, 7) is 0. The van der Waals surface area contributed by atoms with Crippen LogP contribution in [0.3, 0.4) is 0 Å². The van der Waals surface area contributed by atoms with E-state index in [4.69, 9.17) is 23.2 Å². The minimum Gasteiger partial charge on any atom is -0.321 e. The Hall–Kier alpha value is -2.93. The van der Waals surface area contributed by atoms with Crippen LogP contribution >= 0.6 is 23.2 Å². The summed E-state index contributed by atoms with van der Waals surface area (Å²) in [5.41, 5.74) is 2.66. The third-order valence-electron chi connectivity index (χ3n) is 4.71. The van der Waals surface area contributed by atoms with Gasteiger partial charge in [0.1, 0.15) is 0 Å². The van der Waals surface area contributed by atoms with Crippen LogP contribution in [0.4, 0.5) is 5.69 Å². The zero-order valence-electron chi connectivity index (χ0n) is 16.3. The normalized spacial score (nSPS) is 11.5. The van der Waals surface area contributed by atoms with Gasteiger partial charge in [-0.05, 0) is 42.5 Å². The molecular weight excluding hydrogens is 455 g/mol. The summed E-state index contributed by atoms with van der Waals surface area (Å²) in [7, 11) is -3.45. The summed E-state index contributed by atoms with van der Waals surface area (Å²) < 4.78 is 23.8. The standard InChI is InChI=1S/C23H16Cl2N2O3S/c1-31(29,30)16-10-11-19(25)22(12-16)27-23(28)18-13-21(14-6-8-15(24)9-7-14)26-20-5-3-2-4-17(18)20/h2-13H,1H3,(H,27,28). The maximum absolute atomic E-state index is 13.2. The summed E-state index contributed by atoms with van der Waals surface area (Å²) in [6, 6.07) is 20.3. The number of aromatic nitrogens is 1. The van der Waals surface area contributed by atoms with Crippen molar-refractivity contribution in [1.29, 1.82) is 0 Å². The minimum atomic E-state index is -3.45. The van der Waals surface area contributed by atoms with Crippen molar-refractivity contribution in [1.82, 2.24) is 4.98 Å². The Labute approximate surface area is 189 Å². The van der Waals surface area contributed by atoms with Gasteiger partial charge in [-0.2, -0.15) is 0 Å². The van der Waals surface area contributed by atoms with Crippen LogP contribution in [-0.4, -0.2) is 25.6 Å². The molecule has 0 spiro atoms. The van der Waals surface area contributed by atoms with Crippen molar-refractivity contribution in [2.24, 2.45) is 0 Å². The summed E-state index contributed by atoms with van der Waals surface area (Å²) in [5, 5.41) is 4.23. The van der Waals surface area contributed by atoms with Gasteiger partial charge in [0.25, 0.3) is 5.91 Å². The highest BCUT2D eigenvalue weighted by Crippen LogP contribution is 2.29. The highest BCUT2D eigenvalue weighted by molar-refractivity contribution is 7.90. The molecule has 4 aromatic rings. The molecule has 0 radical (unpaired) electrons. The van der Waals surface area contributed by atoms with E-state index in [1.54, 1.807) is 24.3 Å². The van der Waals surface area contributed by atoms with E-state index in [-0.39, 0.29) is 15.6 Å². The monoisotopic (exact) mass is 470 g/mol. The van der Waals surface area contributed by atoms with Gasteiger partial charge in [-0.3, -0.25) is 4.79 Å². The van der Waals surface area contributed by atoms with Crippen LogP contribution in [0.2, 0.25) is 10.0 Å². The number of sulfone groups is 1. The van der Waals surface area contributed by atoms with Crippen molar-refractivity contribution in [3.63, 3.8) is 0 Å². The van der Waals surface area contributed by atoms with E-state index in [1.807, 2.05) is 30.3 Å². The molecule has 31 heavy (non-hydrogen) atoms. The van der Waals surface area contributed by atoms with Crippen LogP contribution in [0.25, 0.3) is 22.2 Å². The average molecular weight is 471 g/mol. The van der Waals surface area contributed by atoms with Crippen molar-refractivity contribution in [2.45, 2.75) is 4.90 Å². The van der Waals surface area contributed by atoms with Crippen LogP contribution in [0.15, 0.2) is 77.7 Å². The van der Waals surface area contributed by atoms with E-state index >= 15 is 0 Å². The van der Waals surface area contributed by atoms with Crippen LogP contribution < -0.4 is 5.32 Å². The fourth-order valence-corrected chi connectivity index (χ4v) is 4.09. The molecule has 3 aromatic carbocycles. The van der Waals surface area contributed by atoms with Crippen molar-refractivity contribution in [3.05, 3.63) is 88.4 Å². The van der Waals surface area contributed by atoms with E-state index in [0.717, 1.165) is 11.8 Å². The Bertz CT molecular complexity index is 1420. The molecule has 0 aliphatic heterocycles. The lowest BCUT2D eigenvalue weighted by Crippen LogP contribution is -2.14. The maximum Gasteiger partial charge on any atom is 0.256 e. The number of carbonyl (C=O) groups excluding carboxylic acids is 1. The van der Waals surface area contributed by atoms with Gasteiger partial charge >= 0.3 is 0 Å². The number of halogens is 2. The quantitative estimate of drug-likeness (QED) is 0.404. The van der Waals surface area contributed by atoms with Crippen molar-refractivity contribution >= 4 is 55.5 Å². The van der Waals surface area contributed by atoms with E-state index in [0.29, 0.717) is 27.2 Å². The maximum atomic E-state index is 13.2. The number of amides is 1. The molecule has 156 valence electrons. The molecule has 4 rings (SSSR count). The van der Waals surface area contributed by atoms with Crippen molar-refractivity contribution in [3.8, 4) is 11.3 Å². The lowest BCUT2D eigenvalue weighted by molar-refractivity contribution is 0.102. The molecule has 0 saturated heterocycles. The first-order chi connectivity index (χ1) is 14.7. The number of carbonyl (C=O) groups is 1. The number of hydrogen-bond donors (Lipinski definition) is 1.